The molecule has 7 heteroatoms. The molecule has 0 aliphatic rings. The lowest BCUT2D eigenvalue weighted by Gasteiger charge is -2.13. The fourth-order valence-corrected chi connectivity index (χ4v) is 2.27. The molecule has 1 unspecified atom stereocenters. The number of amides is 2. The van der Waals surface area contributed by atoms with E-state index in [2.05, 4.69) is 17.6 Å². The van der Waals surface area contributed by atoms with Gasteiger partial charge in [0.2, 0.25) is 10.0 Å². The number of primary sulfonamides is 1. The predicted molar refractivity (Wildman–Crippen MR) is 77.6 cm³/mol. The molecule has 0 saturated carbocycles. The van der Waals surface area contributed by atoms with Gasteiger partial charge < -0.3 is 10.6 Å². The average molecular weight is 299 g/mol. The molecule has 1 rings (SSSR count). The Hall–Kier alpha value is -1.60. The summed E-state index contributed by atoms with van der Waals surface area (Å²) in [5, 5.41) is 10.5. The van der Waals surface area contributed by atoms with Crippen LogP contribution in [0.3, 0.4) is 0 Å². The van der Waals surface area contributed by atoms with Crippen molar-refractivity contribution >= 4 is 16.1 Å². The molecule has 4 N–H and O–H groups in total. The van der Waals surface area contributed by atoms with E-state index in [1.807, 2.05) is 6.92 Å². The summed E-state index contributed by atoms with van der Waals surface area (Å²) in [6.07, 6.45) is 1.94. The van der Waals surface area contributed by atoms with Crippen molar-refractivity contribution in [2.75, 3.05) is 0 Å². The monoisotopic (exact) mass is 299 g/mol. The van der Waals surface area contributed by atoms with Crippen molar-refractivity contribution in [1.82, 2.24) is 10.6 Å². The molecule has 0 aliphatic heterocycles. The van der Waals surface area contributed by atoms with Crippen molar-refractivity contribution in [3.63, 3.8) is 0 Å². The third-order valence-corrected chi connectivity index (χ3v) is 3.73. The topological polar surface area (TPSA) is 101 Å². The van der Waals surface area contributed by atoms with Crippen LogP contribution in [0.25, 0.3) is 0 Å². The number of urea groups is 1. The van der Waals surface area contributed by atoms with Crippen LogP contribution >= 0.6 is 0 Å². The highest BCUT2D eigenvalue weighted by Gasteiger charge is 2.08. The molecule has 0 aliphatic carbocycles. The second kappa shape index (κ2) is 7.25. The first-order valence-corrected chi connectivity index (χ1v) is 8.03. The molecule has 1 atom stereocenters. The first-order chi connectivity index (χ1) is 9.32. The summed E-state index contributed by atoms with van der Waals surface area (Å²) in [6.45, 7) is 4.34. The Morgan fingerprint density at radius 2 is 1.90 bits per heavy atom. The van der Waals surface area contributed by atoms with Gasteiger partial charge in [0.15, 0.2) is 0 Å². The number of nitrogens with two attached hydrogens (primary N) is 1. The molecule has 1 aromatic carbocycles. The van der Waals surface area contributed by atoms with E-state index < -0.39 is 10.0 Å². The van der Waals surface area contributed by atoms with Gasteiger partial charge in [-0.05, 0) is 31.0 Å². The molecule has 0 spiro atoms. The van der Waals surface area contributed by atoms with Gasteiger partial charge in [0, 0.05) is 12.6 Å². The third-order valence-electron chi connectivity index (χ3n) is 2.80. The van der Waals surface area contributed by atoms with E-state index in [0.717, 1.165) is 18.4 Å². The fraction of sp³-hybridized carbons (Fsp3) is 0.462. The normalized spacial score (nSPS) is 12.8. The number of benzene rings is 1. The van der Waals surface area contributed by atoms with Gasteiger partial charge >= 0.3 is 6.03 Å². The molecule has 0 heterocycles. The Balaban J connectivity index is 2.48. The van der Waals surface area contributed by atoms with Crippen LogP contribution in [0.5, 0.6) is 0 Å². The van der Waals surface area contributed by atoms with Crippen molar-refractivity contribution < 1.29 is 13.2 Å². The van der Waals surface area contributed by atoms with Crippen molar-refractivity contribution in [2.24, 2.45) is 5.14 Å². The number of hydrogen-bond donors (Lipinski definition) is 3. The quantitative estimate of drug-likeness (QED) is 0.738. The molecule has 20 heavy (non-hydrogen) atoms. The summed E-state index contributed by atoms with van der Waals surface area (Å²) >= 11 is 0. The number of sulfonamides is 1. The minimum atomic E-state index is -3.67. The van der Waals surface area contributed by atoms with Gasteiger partial charge in [-0.25, -0.2) is 18.4 Å². The van der Waals surface area contributed by atoms with Gasteiger partial charge in [-0.15, -0.1) is 0 Å². The number of carbonyl (C=O) groups excluding carboxylic acids is 1. The molecule has 2 amide bonds. The van der Waals surface area contributed by atoms with Crippen molar-refractivity contribution in [2.45, 2.75) is 44.2 Å². The van der Waals surface area contributed by atoms with E-state index in [9.17, 15) is 13.2 Å². The van der Waals surface area contributed by atoms with E-state index >= 15 is 0 Å². The van der Waals surface area contributed by atoms with Gasteiger partial charge in [0.1, 0.15) is 0 Å². The van der Waals surface area contributed by atoms with E-state index in [-0.39, 0.29) is 17.0 Å². The summed E-state index contributed by atoms with van der Waals surface area (Å²) < 4.78 is 22.2. The maximum absolute atomic E-state index is 11.6. The van der Waals surface area contributed by atoms with Crippen molar-refractivity contribution in [3.05, 3.63) is 29.8 Å². The molecule has 0 bridgehead atoms. The van der Waals surface area contributed by atoms with Crippen molar-refractivity contribution in [3.8, 4) is 0 Å². The van der Waals surface area contributed by atoms with Gasteiger partial charge in [0.05, 0.1) is 4.90 Å². The lowest BCUT2D eigenvalue weighted by molar-refractivity contribution is 0.236. The van der Waals surface area contributed by atoms with E-state index in [1.165, 1.54) is 12.1 Å². The molecule has 0 saturated heterocycles. The molecular weight excluding hydrogens is 278 g/mol. The summed E-state index contributed by atoms with van der Waals surface area (Å²) in [5.74, 6) is 0. The highest BCUT2D eigenvalue weighted by Crippen LogP contribution is 2.08. The first-order valence-electron chi connectivity index (χ1n) is 6.49. The molecule has 6 nitrogen and oxygen atoms in total. The van der Waals surface area contributed by atoms with Gasteiger partial charge in [-0.1, -0.05) is 25.5 Å². The first kappa shape index (κ1) is 16.5. The molecule has 112 valence electrons. The summed E-state index contributed by atoms with van der Waals surface area (Å²) in [5.41, 5.74) is 0.802. The maximum atomic E-state index is 11.6. The maximum Gasteiger partial charge on any atom is 0.315 e. The van der Waals surface area contributed by atoms with Crippen LogP contribution in [-0.4, -0.2) is 20.5 Å². The van der Waals surface area contributed by atoms with Crippen LogP contribution in [0.15, 0.2) is 29.2 Å². The zero-order valence-electron chi connectivity index (χ0n) is 11.7. The second-order valence-electron chi connectivity index (χ2n) is 4.71. The Bertz CT molecular complexity index is 540. The van der Waals surface area contributed by atoms with Gasteiger partial charge in [-0.3, -0.25) is 0 Å². The van der Waals surface area contributed by atoms with Gasteiger partial charge in [0.25, 0.3) is 0 Å². The molecule has 0 aromatic heterocycles. The SMILES string of the molecule is CCCC(C)NC(=O)NCc1ccc(S(N)(=O)=O)cc1. The Kier molecular flexibility index (Phi) is 5.97. The third kappa shape index (κ3) is 5.58. The Morgan fingerprint density at radius 1 is 1.30 bits per heavy atom. The summed E-state index contributed by atoms with van der Waals surface area (Å²) in [6, 6.07) is 5.98. The van der Waals surface area contributed by atoms with Gasteiger partial charge in [-0.2, -0.15) is 0 Å². The van der Waals surface area contributed by atoms with Crippen LogP contribution in [-0.2, 0) is 16.6 Å². The number of nitrogens with one attached hydrogen (secondary N) is 2. The highest BCUT2D eigenvalue weighted by atomic mass is 32.2. The lowest BCUT2D eigenvalue weighted by Crippen LogP contribution is -2.40. The largest absolute Gasteiger partial charge is 0.336 e. The minimum Gasteiger partial charge on any atom is -0.336 e. The predicted octanol–water partition coefficient (Wildman–Crippen LogP) is 1.32. The van der Waals surface area contributed by atoms with Crippen LogP contribution < -0.4 is 15.8 Å². The van der Waals surface area contributed by atoms with E-state index in [0.29, 0.717) is 6.54 Å². The summed E-state index contributed by atoms with van der Waals surface area (Å²) in [7, 11) is -3.67. The zero-order valence-corrected chi connectivity index (χ0v) is 12.5. The summed E-state index contributed by atoms with van der Waals surface area (Å²) in [4.78, 5) is 11.6. The lowest BCUT2D eigenvalue weighted by atomic mass is 10.2. The Labute approximate surface area is 119 Å². The minimum absolute atomic E-state index is 0.0577. The fourth-order valence-electron chi connectivity index (χ4n) is 1.76. The molecule has 0 radical (unpaired) electrons. The van der Waals surface area contributed by atoms with Crippen LogP contribution in [0.4, 0.5) is 4.79 Å². The molecule has 1 aromatic rings. The highest BCUT2D eigenvalue weighted by molar-refractivity contribution is 7.89. The molecule has 0 fully saturated rings. The molecular formula is C13H21N3O3S. The number of carbonyl (C=O) groups is 1. The van der Waals surface area contributed by atoms with Crippen LogP contribution in [0.1, 0.15) is 32.3 Å². The Morgan fingerprint density at radius 3 is 2.40 bits per heavy atom. The van der Waals surface area contributed by atoms with E-state index in [4.69, 9.17) is 5.14 Å². The number of rotatable bonds is 6. The zero-order chi connectivity index (χ0) is 15.2. The van der Waals surface area contributed by atoms with Crippen LogP contribution in [0, 0.1) is 0 Å². The van der Waals surface area contributed by atoms with Crippen molar-refractivity contribution in [1.29, 1.82) is 0 Å². The standard InChI is InChI=1S/C13H21N3O3S/c1-3-4-10(2)16-13(17)15-9-11-5-7-12(8-6-11)20(14,18)19/h5-8,10H,3-4,9H2,1-2H3,(H2,14,18,19)(H2,15,16,17). The average Bonchev–Trinajstić information content (AvgIpc) is 2.36. The number of hydrogen-bond acceptors (Lipinski definition) is 3. The smallest absolute Gasteiger partial charge is 0.315 e. The van der Waals surface area contributed by atoms with E-state index in [1.54, 1.807) is 12.1 Å². The second-order valence-corrected chi connectivity index (χ2v) is 6.27. The van der Waals surface area contributed by atoms with Crippen LogP contribution in [0.2, 0.25) is 0 Å².